The molecule has 2 aromatic carbocycles. The van der Waals surface area contributed by atoms with Crippen LogP contribution in [0.25, 0.3) is 0 Å². The molecule has 0 N–H and O–H groups in total. The van der Waals surface area contributed by atoms with E-state index in [-0.39, 0.29) is 11.3 Å². The number of nitrogens with zero attached hydrogens (tertiary/aromatic N) is 1. The molecule has 0 aliphatic heterocycles. The minimum absolute atomic E-state index is 0.00636. The van der Waals surface area contributed by atoms with Crippen LogP contribution in [0.5, 0.6) is 11.5 Å². The minimum Gasteiger partial charge on any atom is -0.457 e. The van der Waals surface area contributed by atoms with E-state index in [1.807, 2.05) is 18.2 Å². The fourth-order valence-electron chi connectivity index (χ4n) is 1.52. The molecule has 0 aliphatic carbocycles. The van der Waals surface area contributed by atoms with E-state index in [2.05, 4.69) is 22.6 Å². The second-order valence-electron chi connectivity index (χ2n) is 3.66. The lowest BCUT2D eigenvalue weighted by Gasteiger charge is -2.06. The van der Waals surface area contributed by atoms with E-state index in [4.69, 9.17) is 4.74 Å². The number of carbonyl (C=O) groups is 1. The van der Waals surface area contributed by atoms with Crippen molar-refractivity contribution in [1.29, 1.82) is 0 Å². The molecule has 0 heterocycles. The summed E-state index contributed by atoms with van der Waals surface area (Å²) in [6.45, 7) is 0. The van der Waals surface area contributed by atoms with E-state index in [1.165, 1.54) is 18.2 Å². The number of aldehydes is 1. The molecule has 19 heavy (non-hydrogen) atoms. The quantitative estimate of drug-likeness (QED) is 0.356. The number of halogens is 1. The molecule has 0 spiro atoms. The first kappa shape index (κ1) is 13.5. The molecule has 0 atom stereocenters. The van der Waals surface area contributed by atoms with Gasteiger partial charge in [-0.25, -0.2) is 0 Å². The summed E-state index contributed by atoms with van der Waals surface area (Å²) in [6.07, 6.45) is 0.444. The van der Waals surface area contributed by atoms with Gasteiger partial charge in [0.05, 0.1) is 10.5 Å². The SMILES string of the molecule is O=Cc1cc(Oc2cccc(I)c2)ccc1[N+](=O)[O-]. The van der Waals surface area contributed by atoms with Gasteiger partial charge < -0.3 is 4.74 Å². The average Bonchev–Trinajstić information content (AvgIpc) is 2.38. The van der Waals surface area contributed by atoms with Crippen LogP contribution in [-0.2, 0) is 0 Å². The first-order chi connectivity index (χ1) is 9.10. The fourth-order valence-corrected chi connectivity index (χ4v) is 2.04. The predicted octanol–water partition coefficient (Wildman–Crippen LogP) is 3.80. The van der Waals surface area contributed by atoms with Gasteiger partial charge in [-0.2, -0.15) is 0 Å². The topological polar surface area (TPSA) is 69.4 Å². The highest BCUT2D eigenvalue weighted by Gasteiger charge is 2.14. The van der Waals surface area contributed by atoms with E-state index in [9.17, 15) is 14.9 Å². The summed E-state index contributed by atoms with van der Waals surface area (Å²) in [5.41, 5.74) is -0.238. The Labute approximate surface area is 122 Å². The third kappa shape index (κ3) is 3.28. The Kier molecular flexibility index (Phi) is 4.10. The van der Waals surface area contributed by atoms with Crippen molar-refractivity contribution in [2.75, 3.05) is 0 Å². The van der Waals surface area contributed by atoms with Gasteiger partial charge in [0.15, 0.2) is 6.29 Å². The van der Waals surface area contributed by atoms with Gasteiger partial charge in [-0.1, -0.05) is 6.07 Å². The van der Waals surface area contributed by atoms with Crippen LogP contribution in [0.4, 0.5) is 5.69 Å². The molecule has 0 bridgehead atoms. The Morgan fingerprint density at radius 3 is 2.53 bits per heavy atom. The molecular formula is C13H8INO4. The standard InChI is InChI=1S/C13H8INO4/c14-10-2-1-3-11(7-10)19-12-4-5-13(15(17)18)9(6-12)8-16/h1-8H. The van der Waals surface area contributed by atoms with Crippen LogP contribution < -0.4 is 4.74 Å². The van der Waals surface area contributed by atoms with Crippen LogP contribution in [0.1, 0.15) is 10.4 Å². The van der Waals surface area contributed by atoms with E-state index < -0.39 is 4.92 Å². The number of hydrogen-bond acceptors (Lipinski definition) is 4. The van der Waals surface area contributed by atoms with Crippen molar-refractivity contribution < 1.29 is 14.5 Å². The number of carbonyl (C=O) groups excluding carboxylic acids is 1. The average molecular weight is 369 g/mol. The second kappa shape index (κ2) is 5.79. The van der Waals surface area contributed by atoms with Crippen LogP contribution in [0.2, 0.25) is 0 Å². The predicted molar refractivity (Wildman–Crippen MR) is 77.7 cm³/mol. The third-order valence-electron chi connectivity index (χ3n) is 2.35. The zero-order chi connectivity index (χ0) is 13.8. The highest BCUT2D eigenvalue weighted by atomic mass is 127. The molecule has 2 aromatic rings. The van der Waals surface area contributed by atoms with Crippen molar-refractivity contribution in [1.82, 2.24) is 0 Å². The summed E-state index contributed by atoms with van der Waals surface area (Å²) in [5, 5.41) is 10.7. The van der Waals surface area contributed by atoms with Gasteiger partial charge in [0.25, 0.3) is 5.69 Å². The number of nitro benzene ring substituents is 1. The van der Waals surface area contributed by atoms with Crippen molar-refractivity contribution in [3.63, 3.8) is 0 Å². The van der Waals surface area contributed by atoms with Gasteiger partial charge >= 0.3 is 0 Å². The van der Waals surface area contributed by atoms with Gasteiger partial charge in [-0.3, -0.25) is 14.9 Å². The molecule has 0 radical (unpaired) electrons. The lowest BCUT2D eigenvalue weighted by atomic mass is 10.2. The second-order valence-corrected chi connectivity index (χ2v) is 4.90. The van der Waals surface area contributed by atoms with Gasteiger partial charge in [0.2, 0.25) is 0 Å². The van der Waals surface area contributed by atoms with Crippen molar-refractivity contribution >= 4 is 34.6 Å². The number of ether oxygens (including phenoxy) is 1. The molecule has 2 rings (SSSR count). The van der Waals surface area contributed by atoms with Crippen molar-refractivity contribution in [2.24, 2.45) is 0 Å². The maximum absolute atomic E-state index is 10.8. The van der Waals surface area contributed by atoms with Crippen molar-refractivity contribution in [2.45, 2.75) is 0 Å². The summed E-state index contributed by atoms with van der Waals surface area (Å²) in [5.74, 6) is 0.993. The van der Waals surface area contributed by atoms with E-state index in [0.717, 1.165) is 3.57 Å². The highest BCUT2D eigenvalue weighted by molar-refractivity contribution is 14.1. The third-order valence-corrected chi connectivity index (χ3v) is 3.03. The molecule has 0 fully saturated rings. The van der Waals surface area contributed by atoms with E-state index in [0.29, 0.717) is 17.8 Å². The lowest BCUT2D eigenvalue weighted by molar-refractivity contribution is -0.385. The van der Waals surface area contributed by atoms with Gasteiger partial charge in [0, 0.05) is 9.64 Å². The van der Waals surface area contributed by atoms with Gasteiger partial charge in [-0.15, -0.1) is 0 Å². The molecular weight excluding hydrogens is 361 g/mol. The van der Waals surface area contributed by atoms with E-state index in [1.54, 1.807) is 6.07 Å². The van der Waals surface area contributed by atoms with Crippen LogP contribution in [0, 0.1) is 13.7 Å². The largest absolute Gasteiger partial charge is 0.457 e. The zero-order valence-electron chi connectivity index (χ0n) is 9.58. The van der Waals surface area contributed by atoms with E-state index >= 15 is 0 Å². The molecule has 0 aliphatic rings. The number of benzene rings is 2. The first-order valence-corrected chi connectivity index (χ1v) is 6.35. The molecule has 0 saturated carbocycles. The monoisotopic (exact) mass is 369 g/mol. The van der Waals surface area contributed by atoms with Crippen LogP contribution in [0.3, 0.4) is 0 Å². The molecule has 96 valence electrons. The fraction of sp³-hybridized carbons (Fsp3) is 0. The summed E-state index contributed by atoms with van der Waals surface area (Å²) < 4.78 is 6.56. The normalized spacial score (nSPS) is 9.95. The van der Waals surface area contributed by atoms with Crippen LogP contribution >= 0.6 is 22.6 Å². The zero-order valence-corrected chi connectivity index (χ0v) is 11.7. The molecule has 6 heteroatoms. The van der Waals surface area contributed by atoms with Crippen molar-refractivity contribution in [3.8, 4) is 11.5 Å². The number of rotatable bonds is 4. The summed E-state index contributed by atoms with van der Waals surface area (Å²) in [6, 6.07) is 11.4. The Hall–Kier alpha value is -1.96. The Morgan fingerprint density at radius 2 is 1.89 bits per heavy atom. The Bertz CT molecular complexity index is 642. The first-order valence-electron chi connectivity index (χ1n) is 5.27. The smallest absolute Gasteiger partial charge is 0.280 e. The van der Waals surface area contributed by atoms with Gasteiger partial charge in [-0.05, 0) is 52.9 Å². The molecule has 0 amide bonds. The molecule has 0 aromatic heterocycles. The maximum atomic E-state index is 10.8. The summed E-state index contributed by atoms with van der Waals surface area (Å²) in [4.78, 5) is 20.9. The molecule has 5 nitrogen and oxygen atoms in total. The number of hydrogen-bond donors (Lipinski definition) is 0. The molecule has 0 saturated heterocycles. The minimum atomic E-state index is -0.598. The Morgan fingerprint density at radius 1 is 1.16 bits per heavy atom. The van der Waals surface area contributed by atoms with Gasteiger partial charge in [0.1, 0.15) is 11.5 Å². The van der Waals surface area contributed by atoms with Crippen LogP contribution in [-0.4, -0.2) is 11.2 Å². The molecule has 0 unspecified atom stereocenters. The Balaban J connectivity index is 2.31. The number of nitro groups is 1. The summed E-state index contributed by atoms with van der Waals surface area (Å²) in [7, 11) is 0. The van der Waals surface area contributed by atoms with Crippen LogP contribution in [0.15, 0.2) is 42.5 Å². The van der Waals surface area contributed by atoms with Crippen molar-refractivity contribution in [3.05, 3.63) is 61.7 Å². The highest BCUT2D eigenvalue weighted by Crippen LogP contribution is 2.27. The maximum Gasteiger partial charge on any atom is 0.280 e. The summed E-state index contributed by atoms with van der Waals surface area (Å²) >= 11 is 2.15. The lowest BCUT2D eigenvalue weighted by Crippen LogP contribution is -1.95.